The van der Waals surface area contributed by atoms with Crippen LogP contribution in [0.2, 0.25) is 0 Å². The molecule has 0 heterocycles. The summed E-state index contributed by atoms with van der Waals surface area (Å²) in [5.41, 5.74) is 2.61. The fourth-order valence-corrected chi connectivity index (χ4v) is 3.32. The molecule has 8 nitrogen and oxygen atoms in total. The molecule has 0 aromatic heterocycles. The van der Waals surface area contributed by atoms with Crippen molar-refractivity contribution in [1.82, 2.24) is 0 Å². The quantitative estimate of drug-likeness (QED) is 0.582. The number of nitrogens with one attached hydrogen (secondary N) is 2. The van der Waals surface area contributed by atoms with Gasteiger partial charge < -0.3 is 19.7 Å². The van der Waals surface area contributed by atoms with Crippen molar-refractivity contribution in [3.63, 3.8) is 0 Å². The van der Waals surface area contributed by atoms with Crippen molar-refractivity contribution in [3.05, 3.63) is 47.5 Å². The number of amides is 1. The van der Waals surface area contributed by atoms with E-state index < -0.39 is 10.0 Å². The molecule has 1 amide bonds. The fourth-order valence-electron chi connectivity index (χ4n) is 2.81. The van der Waals surface area contributed by atoms with Gasteiger partial charge in [-0.25, -0.2) is 13.6 Å². The van der Waals surface area contributed by atoms with Crippen molar-refractivity contribution < 1.29 is 27.6 Å². The number of hydrogen-bond donors (Lipinski definition) is 3. The summed E-state index contributed by atoms with van der Waals surface area (Å²) in [7, 11) is 1.34. The first-order chi connectivity index (χ1) is 13.1. The largest absolute Gasteiger partial charge is 0.493 e. The number of benzene rings is 2. The van der Waals surface area contributed by atoms with Crippen molar-refractivity contribution in [2.75, 3.05) is 33.1 Å². The fraction of sp³-hybridized carbons (Fsp3) is 0.316. The molecule has 2 rings (SSSR count). The maximum absolute atomic E-state index is 12.3. The summed E-state index contributed by atoms with van der Waals surface area (Å²) in [6.07, 6.45) is 0. The number of nitrogens with two attached hydrogens (primary N) is 1. The summed E-state index contributed by atoms with van der Waals surface area (Å²) in [4.78, 5) is 13.3. The maximum atomic E-state index is 12.3. The van der Waals surface area contributed by atoms with E-state index >= 15 is 0 Å². The molecule has 28 heavy (non-hydrogen) atoms. The molecule has 0 aliphatic carbocycles. The van der Waals surface area contributed by atoms with Gasteiger partial charge in [-0.15, -0.1) is 0 Å². The predicted molar refractivity (Wildman–Crippen MR) is 106 cm³/mol. The topological polar surface area (TPSA) is 112 Å². The van der Waals surface area contributed by atoms with Gasteiger partial charge in [-0.2, -0.15) is 0 Å². The maximum Gasteiger partial charge on any atom is 0.279 e. The number of methoxy groups -OCH3 is 2. The van der Waals surface area contributed by atoms with Crippen LogP contribution >= 0.6 is 0 Å². The lowest BCUT2D eigenvalue weighted by atomic mass is 10.1. The Bertz CT molecular complexity index is 943. The highest BCUT2D eigenvalue weighted by Gasteiger charge is 2.15. The first kappa shape index (κ1) is 21.7. The molecule has 0 radical (unpaired) electrons. The number of hydrogen-bond acceptors (Lipinski definition) is 5. The van der Waals surface area contributed by atoms with E-state index in [-0.39, 0.29) is 17.3 Å². The molecule has 0 saturated heterocycles. The van der Waals surface area contributed by atoms with E-state index in [2.05, 4.69) is 5.32 Å². The molecule has 0 fully saturated rings. The first-order valence-corrected chi connectivity index (χ1v) is 10.1. The van der Waals surface area contributed by atoms with Crippen LogP contribution in [0, 0.1) is 6.92 Å². The van der Waals surface area contributed by atoms with E-state index in [0.717, 1.165) is 16.0 Å². The first-order valence-electron chi connectivity index (χ1n) is 8.59. The summed E-state index contributed by atoms with van der Waals surface area (Å²) in [6, 6.07) is 9.55. The van der Waals surface area contributed by atoms with Gasteiger partial charge in [0.1, 0.15) is 6.54 Å². The highest BCUT2D eigenvalue weighted by molar-refractivity contribution is 7.89. The number of likely N-dealkylation sites (N-methyl/N-ethyl adjacent to an activating group) is 1. The number of ether oxygens (including phenoxy) is 2. The normalized spacial score (nSPS) is 12.3. The third-order valence-corrected chi connectivity index (χ3v) is 5.19. The van der Waals surface area contributed by atoms with Crippen LogP contribution < -0.4 is 24.8 Å². The van der Waals surface area contributed by atoms with Crippen LogP contribution in [0.25, 0.3) is 0 Å². The molecule has 0 aliphatic heterocycles. The van der Waals surface area contributed by atoms with Crippen LogP contribution in [0.1, 0.15) is 11.1 Å². The van der Waals surface area contributed by atoms with E-state index in [0.29, 0.717) is 23.7 Å². The van der Waals surface area contributed by atoms with Crippen LogP contribution in [0.3, 0.4) is 0 Å². The van der Waals surface area contributed by atoms with Gasteiger partial charge in [-0.3, -0.25) is 4.79 Å². The van der Waals surface area contributed by atoms with Crippen molar-refractivity contribution in [2.24, 2.45) is 5.14 Å². The summed E-state index contributed by atoms with van der Waals surface area (Å²) in [5.74, 6) is 1.14. The zero-order chi connectivity index (χ0) is 20.9. The summed E-state index contributed by atoms with van der Waals surface area (Å²) >= 11 is 0. The van der Waals surface area contributed by atoms with Gasteiger partial charge in [0.15, 0.2) is 18.0 Å². The third kappa shape index (κ3) is 5.69. The van der Waals surface area contributed by atoms with Gasteiger partial charge in [0.2, 0.25) is 10.0 Å². The number of aryl methyl sites for hydroxylation is 1. The zero-order valence-electron chi connectivity index (χ0n) is 16.4. The second-order valence-corrected chi connectivity index (χ2v) is 8.12. The Kier molecular flexibility index (Phi) is 7.00. The van der Waals surface area contributed by atoms with Crippen molar-refractivity contribution in [3.8, 4) is 11.5 Å². The number of carbonyl (C=O) groups excluding carboxylic acids is 1. The molecular formula is C19H26N3O5S+. The summed E-state index contributed by atoms with van der Waals surface area (Å²) in [6.45, 7) is 2.85. The second-order valence-electron chi connectivity index (χ2n) is 6.56. The lowest BCUT2D eigenvalue weighted by molar-refractivity contribution is -0.885. The van der Waals surface area contributed by atoms with E-state index in [1.165, 1.54) is 24.3 Å². The van der Waals surface area contributed by atoms with Gasteiger partial charge in [0.05, 0.1) is 26.2 Å². The molecule has 2 aromatic rings. The summed E-state index contributed by atoms with van der Waals surface area (Å²) in [5, 5.41) is 7.82. The molecule has 4 N–H and O–H groups in total. The smallest absolute Gasteiger partial charge is 0.279 e. The highest BCUT2D eigenvalue weighted by atomic mass is 32.2. The van der Waals surface area contributed by atoms with Crippen LogP contribution in [0.15, 0.2) is 41.3 Å². The zero-order valence-corrected chi connectivity index (χ0v) is 17.2. The van der Waals surface area contributed by atoms with E-state index in [1.807, 2.05) is 26.1 Å². The van der Waals surface area contributed by atoms with Crippen molar-refractivity contribution >= 4 is 21.6 Å². The van der Waals surface area contributed by atoms with Gasteiger partial charge in [-0.05, 0) is 48.9 Å². The number of carbonyl (C=O) groups is 1. The van der Waals surface area contributed by atoms with Crippen molar-refractivity contribution in [2.45, 2.75) is 18.4 Å². The Labute approximate surface area is 165 Å². The minimum atomic E-state index is -3.75. The average molecular weight is 409 g/mol. The highest BCUT2D eigenvalue weighted by Crippen LogP contribution is 2.29. The number of anilines is 1. The van der Waals surface area contributed by atoms with Crippen LogP contribution in [0.5, 0.6) is 11.5 Å². The molecule has 1 atom stereocenters. The second kappa shape index (κ2) is 9.05. The molecule has 1 unspecified atom stereocenters. The molecular weight excluding hydrogens is 382 g/mol. The van der Waals surface area contributed by atoms with E-state index in [4.69, 9.17) is 14.6 Å². The average Bonchev–Trinajstić information content (AvgIpc) is 2.62. The van der Waals surface area contributed by atoms with E-state index in [9.17, 15) is 13.2 Å². The molecule has 9 heteroatoms. The number of quaternary nitrogens is 1. The Balaban J connectivity index is 1.99. The summed E-state index contributed by atoms with van der Waals surface area (Å²) < 4.78 is 33.2. The molecule has 152 valence electrons. The van der Waals surface area contributed by atoms with Gasteiger partial charge in [0, 0.05) is 11.3 Å². The number of primary sulfonamides is 1. The minimum absolute atomic E-state index is 0.00262. The van der Waals surface area contributed by atoms with Crippen molar-refractivity contribution in [1.29, 1.82) is 0 Å². The molecule has 0 saturated carbocycles. The van der Waals surface area contributed by atoms with Gasteiger partial charge >= 0.3 is 0 Å². The Morgan fingerprint density at radius 2 is 1.68 bits per heavy atom. The minimum Gasteiger partial charge on any atom is -0.493 e. The lowest BCUT2D eigenvalue weighted by Crippen LogP contribution is -3.08. The molecule has 0 spiro atoms. The SMILES string of the molecule is COc1cc(C)c(C[NH+](C)CC(=O)Nc2ccc(S(N)(=O)=O)cc2)cc1OC. The molecule has 0 aliphatic rings. The van der Waals surface area contributed by atoms with Crippen LogP contribution in [-0.4, -0.2) is 42.1 Å². The van der Waals surface area contributed by atoms with Crippen LogP contribution in [-0.2, 0) is 21.4 Å². The standard InChI is InChI=1S/C19H25N3O5S/c1-13-9-17(26-3)18(27-4)10-14(13)11-22(2)12-19(23)21-15-5-7-16(8-6-15)28(20,24)25/h5-10H,11-12H2,1-4H3,(H,21,23)(H2,20,24,25)/p+1. The molecule has 2 aromatic carbocycles. The predicted octanol–water partition coefficient (Wildman–Crippen LogP) is 0.313. The van der Waals surface area contributed by atoms with Gasteiger partial charge in [-0.1, -0.05) is 0 Å². The number of rotatable bonds is 8. The lowest BCUT2D eigenvalue weighted by Gasteiger charge is -2.17. The number of sulfonamides is 1. The Morgan fingerprint density at radius 1 is 1.11 bits per heavy atom. The van der Waals surface area contributed by atoms with Crippen LogP contribution in [0.4, 0.5) is 5.69 Å². The third-order valence-electron chi connectivity index (χ3n) is 4.26. The molecule has 0 bridgehead atoms. The monoisotopic (exact) mass is 408 g/mol. The van der Waals surface area contributed by atoms with Gasteiger partial charge in [0.25, 0.3) is 5.91 Å². The van der Waals surface area contributed by atoms with E-state index in [1.54, 1.807) is 14.2 Å². The Hall–Kier alpha value is -2.62. The Morgan fingerprint density at radius 3 is 2.21 bits per heavy atom.